The largest absolute Gasteiger partial charge is 0.481 e. The number of aromatic nitrogens is 2. The summed E-state index contributed by atoms with van der Waals surface area (Å²) in [7, 11) is 0. The Morgan fingerprint density at radius 1 is 1.46 bits per heavy atom. The number of fused-ring (bicyclic) bond motifs is 1. The summed E-state index contributed by atoms with van der Waals surface area (Å²) in [5.41, 5.74) is 2.58. The number of carbonyl (C=O) groups is 1. The Morgan fingerprint density at radius 3 is 3.00 bits per heavy atom. The highest BCUT2D eigenvalue weighted by Crippen LogP contribution is 2.17. The van der Waals surface area contributed by atoms with Crippen LogP contribution in [-0.4, -0.2) is 21.0 Å². The Kier molecular flexibility index (Phi) is 1.96. The number of hydrogen-bond acceptors (Lipinski definition) is 3. The minimum absolute atomic E-state index is 0.0275. The third kappa shape index (κ3) is 1.66. The zero-order chi connectivity index (χ0) is 9.26. The van der Waals surface area contributed by atoms with Crippen LogP contribution in [0.25, 0.3) is 0 Å². The Hall–Kier alpha value is -1.45. The third-order valence-corrected chi connectivity index (χ3v) is 2.14. The molecule has 0 amide bonds. The third-order valence-electron chi connectivity index (χ3n) is 2.14. The SMILES string of the molecule is O=C(O)Cc1cnc2c(n1)CCC2. The average molecular weight is 178 g/mol. The summed E-state index contributed by atoms with van der Waals surface area (Å²) >= 11 is 0. The molecule has 0 bridgehead atoms. The molecular formula is C9H10N2O2. The standard InChI is InChI=1S/C9H10N2O2/c12-9(13)4-6-5-10-7-2-1-3-8(7)11-6/h5H,1-4H2,(H,12,13). The van der Waals surface area contributed by atoms with E-state index in [0.29, 0.717) is 5.69 Å². The minimum Gasteiger partial charge on any atom is -0.481 e. The molecule has 1 aliphatic carbocycles. The molecule has 1 aromatic heterocycles. The van der Waals surface area contributed by atoms with Crippen LogP contribution in [0.5, 0.6) is 0 Å². The zero-order valence-electron chi connectivity index (χ0n) is 7.16. The second-order valence-corrected chi connectivity index (χ2v) is 3.18. The molecule has 4 nitrogen and oxygen atoms in total. The molecule has 4 heteroatoms. The smallest absolute Gasteiger partial charge is 0.309 e. The van der Waals surface area contributed by atoms with Crippen LogP contribution in [-0.2, 0) is 24.1 Å². The number of rotatable bonds is 2. The van der Waals surface area contributed by atoms with Gasteiger partial charge >= 0.3 is 5.97 Å². The monoisotopic (exact) mass is 178 g/mol. The molecule has 68 valence electrons. The van der Waals surface area contributed by atoms with E-state index in [1.54, 1.807) is 6.20 Å². The van der Waals surface area contributed by atoms with Gasteiger partial charge in [0, 0.05) is 6.20 Å². The lowest BCUT2D eigenvalue weighted by Crippen LogP contribution is -2.05. The van der Waals surface area contributed by atoms with Crippen molar-refractivity contribution in [2.75, 3.05) is 0 Å². The zero-order valence-corrected chi connectivity index (χ0v) is 7.16. The summed E-state index contributed by atoms with van der Waals surface area (Å²) in [6.07, 6.45) is 4.55. The minimum atomic E-state index is -0.854. The Morgan fingerprint density at radius 2 is 2.23 bits per heavy atom. The summed E-state index contributed by atoms with van der Waals surface area (Å²) in [4.78, 5) is 18.8. The summed E-state index contributed by atoms with van der Waals surface area (Å²) in [6, 6.07) is 0. The summed E-state index contributed by atoms with van der Waals surface area (Å²) in [6.45, 7) is 0. The van der Waals surface area contributed by atoms with Crippen LogP contribution in [0.3, 0.4) is 0 Å². The Labute approximate surface area is 75.6 Å². The van der Waals surface area contributed by atoms with E-state index in [1.807, 2.05) is 0 Å². The summed E-state index contributed by atoms with van der Waals surface area (Å²) < 4.78 is 0. The van der Waals surface area contributed by atoms with Crippen LogP contribution in [0.4, 0.5) is 0 Å². The molecule has 0 unspecified atom stereocenters. The number of aliphatic carboxylic acids is 1. The van der Waals surface area contributed by atoms with Gasteiger partial charge in [-0.3, -0.25) is 14.8 Å². The van der Waals surface area contributed by atoms with Crippen LogP contribution in [0.1, 0.15) is 23.5 Å². The number of carboxylic acid groups (broad SMARTS) is 1. The quantitative estimate of drug-likeness (QED) is 0.720. The number of aryl methyl sites for hydroxylation is 2. The molecule has 0 saturated heterocycles. The molecule has 1 heterocycles. The maximum atomic E-state index is 10.4. The molecule has 0 fully saturated rings. The van der Waals surface area contributed by atoms with Gasteiger partial charge in [-0.15, -0.1) is 0 Å². The highest BCUT2D eigenvalue weighted by molar-refractivity contribution is 5.69. The average Bonchev–Trinajstić information content (AvgIpc) is 2.49. The van der Waals surface area contributed by atoms with Crippen molar-refractivity contribution in [2.45, 2.75) is 25.7 Å². The van der Waals surface area contributed by atoms with Crippen LogP contribution < -0.4 is 0 Å². The molecule has 1 N–H and O–H groups in total. The molecule has 0 saturated carbocycles. The van der Waals surface area contributed by atoms with Gasteiger partial charge in [0.05, 0.1) is 23.5 Å². The topological polar surface area (TPSA) is 63.1 Å². The highest BCUT2D eigenvalue weighted by atomic mass is 16.4. The molecule has 0 spiro atoms. The van der Waals surface area contributed by atoms with Gasteiger partial charge in [0.25, 0.3) is 0 Å². The van der Waals surface area contributed by atoms with Gasteiger partial charge in [0.2, 0.25) is 0 Å². The fourth-order valence-electron chi connectivity index (χ4n) is 1.57. The van der Waals surface area contributed by atoms with Crippen LogP contribution in [0.15, 0.2) is 6.20 Å². The lowest BCUT2D eigenvalue weighted by Gasteiger charge is -1.99. The first-order chi connectivity index (χ1) is 6.25. The molecular weight excluding hydrogens is 168 g/mol. The molecule has 0 aliphatic heterocycles. The van der Waals surface area contributed by atoms with Crippen LogP contribution in [0, 0.1) is 0 Å². The number of carboxylic acids is 1. The van der Waals surface area contributed by atoms with Crippen LogP contribution in [0.2, 0.25) is 0 Å². The van der Waals surface area contributed by atoms with E-state index in [4.69, 9.17) is 5.11 Å². The van der Waals surface area contributed by atoms with Crippen molar-refractivity contribution in [1.29, 1.82) is 0 Å². The molecule has 0 radical (unpaired) electrons. The highest BCUT2D eigenvalue weighted by Gasteiger charge is 2.14. The molecule has 1 aliphatic rings. The first-order valence-electron chi connectivity index (χ1n) is 4.31. The molecule has 0 aromatic carbocycles. The lowest BCUT2D eigenvalue weighted by atomic mass is 10.3. The molecule has 1 aromatic rings. The van der Waals surface area contributed by atoms with E-state index in [-0.39, 0.29) is 6.42 Å². The van der Waals surface area contributed by atoms with E-state index in [9.17, 15) is 4.79 Å². The van der Waals surface area contributed by atoms with Gasteiger partial charge < -0.3 is 5.11 Å². The Balaban J connectivity index is 2.25. The maximum Gasteiger partial charge on any atom is 0.309 e. The molecule has 0 atom stereocenters. The number of nitrogens with zero attached hydrogens (tertiary/aromatic N) is 2. The van der Waals surface area contributed by atoms with Gasteiger partial charge in [-0.1, -0.05) is 0 Å². The second kappa shape index (κ2) is 3.12. The molecule has 13 heavy (non-hydrogen) atoms. The summed E-state index contributed by atoms with van der Waals surface area (Å²) in [5, 5.41) is 8.55. The predicted octanol–water partition coefficient (Wildman–Crippen LogP) is 0.592. The fraction of sp³-hybridized carbons (Fsp3) is 0.444. The Bertz CT molecular complexity index is 349. The van der Waals surface area contributed by atoms with E-state index in [1.165, 1.54) is 0 Å². The first kappa shape index (κ1) is 8.16. The van der Waals surface area contributed by atoms with E-state index in [0.717, 1.165) is 30.7 Å². The van der Waals surface area contributed by atoms with Gasteiger partial charge in [-0.05, 0) is 19.3 Å². The van der Waals surface area contributed by atoms with Gasteiger partial charge in [0.1, 0.15) is 0 Å². The van der Waals surface area contributed by atoms with Crippen molar-refractivity contribution < 1.29 is 9.90 Å². The van der Waals surface area contributed by atoms with Gasteiger partial charge in [-0.25, -0.2) is 0 Å². The normalized spacial score (nSPS) is 14.2. The van der Waals surface area contributed by atoms with Gasteiger partial charge in [-0.2, -0.15) is 0 Å². The van der Waals surface area contributed by atoms with E-state index < -0.39 is 5.97 Å². The fourth-order valence-corrected chi connectivity index (χ4v) is 1.57. The number of hydrogen-bond donors (Lipinski definition) is 1. The van der Waals surface area contributed by atoms with Crippen molar-refractivity contribution in [3.63, 3.8) is 0 Å². The van der Waals surface area contributed by atoms with Crippen molar-refractivity contribution in [1.82, 2.24) is 9.97 Å². The predicted molar refractivity (Wildman–Crippen MR) is 45.4 cm³/mol. The van der Waals surface area contributed by atoms with Crippen molar-refractivity contribution in [2.24, 2.45) is 0 Å². The van der Waals surface area contributed by atoms with Crippen molar-refractivity contribution in [3.05, 3.63) is 23.3 Å². The maximum absolute atomic E-state index is 10.4. The second-order valence-electron chi connectivity index (χ2n) is 3.18. The van der Waals surface area contributed by atoms with Gasteiger partial charge in [0.15, 0.2) is 0 Å². The van der Waals surface area contributed by atoms with E-state index in [2.05, 4.69) is 9.97 Å². The summed E-state index contributed by atoms with van der Waals surface area (Å²) in [5.74, 6) is -0.854. The van der Waals surface area contributed by atoms with Crippen LogP contribution >= 0.6 is 0 Å². The van der Waals surface area contributed by atoms with E-state index >= 15 is 0 Å². The molecule has 2 rings (SSSR count). The van der Waals surface area contributed by atoms with Crippen molar-refractivity contribution in [3.8, 4) is 0 Å². The first-order valence-corrected chi connectivity index (χ1v) is 4.31. The lowest BCUT2D eigenvalue weighted by molar-refractivity contribution is -0.136. The van der Waals surface area contributed by atoms with Crippen molar-refractivity contribution >= 4 is 5.97 Å².